The van der Waals surface area contributed by atoms with Crippen molar-refractivity contribution in [3.63, 3.8) is 0 Å². The van der Waals surface area contributed by atoms with Gasteiger partial charge in [-0.25, -0.2) is 4.98 Å². The van der Waals surface area contributed by atoms with Crippen LogP contribution in [0, 0.1) is 0 Å². The third-order valence-electron chi connectivity index (χ3n) is 1.49. The van der Waals surface area contributed by atoms with Gasteiger partial charge < -0.3 is 9.73 Å². The van der Waals surface area contributed by atoms with Gasteiger partial charge in [-0.1, -0.05) is 11.8 Å². The summed E-state index contributed by atoms with van der Waals surface area (Å²) in [5.74, 6) is 1.89. The van der Waals surface area contributed by atoms with E-state index in [2.05, 4.69) is 15.3 Å². The minimum absolute atomic E-state index is 0.144. The average molecular weight is 197 g/mol. The molecule has 0 bridgehead atoms. The van der Waals surface area contributed by atoms with Crippen LogP contribution in [0.3, 0.4) is 0 Å². The monoisotopic (exact) mass is 197 g/mol. The number of aliphatic imine (C=N–C) groups is 1. The molecule has 0 spiro atoms. The molecule has 13 heavy (non-hydrogen) atoms. The Balaban J connectivity index is 1.87. The number of thioether (sulfide) groups is 1. The average Bonchev–Trinajstić information content (AvgIpc) is 2.71. The number of hydrogen-bond donors (Lipinski definition) is 1. The van der Waals surface area contributed by atoms with Crippen molar-refractivity contribution in [2.75, 3.05) is 5.75 Å². The Morgan fingerprint density at radius 3 is 3.23 bits per heavy atom. The van der Waals surface area contributed by atoms with Crippen molar-refractivity contribution in [1.29, 1.82) is 0 Å². The molecule has 68 valence electrons. The minimum Gasteiger partial charge on any atom is -0.447 e. The Morgan fingerprint density at radius 2 is 2.62 bits per heavy atom. The molecule has 2 heterocycles. The molecule has 0 aromatic carbocycles. The van der Waals surface area contributed by atoms with Crippen LogP contribution in [0.2, 0.25) is 0 Å². The van der Waals surface area contributed by atoms with Gasteiger partial charge in [-0.3, -0.25) is 4.79 Å². The van der Waals surface area contributed by atoms with Crippen LogP contribution in [0.4, 0.5) is 4.79 Å². The summed E-state index contributed by atoms with van der Waals surface area (Å²) in [5, 5.41) is 2.82. The van der Waals surface area contributed by atoms with E-state index < -0.39 is 0 Å². The zero-order valence-corrected chi connectivity index (χ0v) is 7.50. The predicted molar refractivity (Wildman–Crippen MR) is 48.6 cm³/mol. The van der Waals surface area contributed by atoms with Gasteiger partial charge in [0.1, 0.15) is 12.1 Å². The van der Waals surface area contributed by atoms with Gasteiger partial charge in [0.25, 0.3) is 0 Å². The molecule has 0 aliphatic carbocycles. The Kier molecular flexibility index (Phi) is 2.31. The van der Waals surface area contributed by atoms with Gasteiger partial charge in [-0.05, 0) is 0 Å². The Labute approximate surface area is 78.6 Å². The molecular weight excluding hydrogens is 190 g/mol. The van der Waals surface area contributed by atoms with Crippen molar-refractivity contribution in [3.05, 3.63) is 18.4 Å². The summed E-state index contributed by atoms with van der Waals surface area (Å²) in [6.45, 7) is 0.472. The van der Waals surface area contributed by atoms with Gasteiger partial charge in [0.05, 0.1) is 18.5 Å². The van der Waals surface area contributed by atoms with Gasteiger partial charge in [0.15, 0.2) is 0 Å². The van der Waals surface area contributed by atoms with E-state index in [1.165, 1.54) is 18.0 Å². The molecular formula is C7H7N3O2S. The van der Waals surface area contributed by atoms with E-state index in [0.717, 1.165) is 0 Å². The second-order valence-electron chi connectivity index (χ2n) is 2.39. The normalized spacial score (nSPS) is 16.0. The van der Waals surface area contributed by atoms with E-state index in [1.807, 2.05) is 0 Å². The van der Waals surface area contributed by atoms with Crippen LogP contribution < -0.4 is 5.32 Å². The maximum absolute atomic E-state index is 10.7. The van der Waals surface area contributed by atoms with Crippen LogP contribution >= 0.6 is 11.8 Å². The lowest BCUT2D eigenvalue weighted by Gasteiger charge is -1.99. The molecule has 0 radical (unpaired) electrons. The summed E-state index contributed by atoms with van der Waals surface area (Å²) >= 11 is 1.19. The number of amides is 1. The van der Waals surface area contributed by atoms with Crippen molar-refractivity contribution >= 4 is 22.8 Å². The van der Waals surface area contributed by atoms with E-state index in [9.17, 15) is 4.79 Å². The SMILES string of the molecule is O=C1N=C(NCc2ncco2)CS1. The van der Waals surface area contributed by atoms with Gasteiger partial charge in [0.2, 0.25) is 5.89 Å². The van der Waals surface area contributed by atoms with E-state index in [-0.39, 0.29) is 5.24 Å². The van der Waals surface area contributed by atoms with Crippen molar-refractivity contribution in [2.45, 2.75) is 6.54 Å². The van der Waals surface area contributed by atoms with Gasteiger partial charge in [0, 0.05) is 0 Å². The number of hydrogen-bond acceptors (Lipinski definition) is 5. The highest BCUT2D eigenvalue weighted by Gasteiger charge is 2.14. The van der Waals surface area contributed by atoms with Crippen LogP contribution in [0.25, 0.3) is 0 Å². The molecule has 0 saturated heterocycles. The zero-order chi connectivity index (χ0) is 9.10. The molecule has 1 aromatic heterocycles. The van der Waals surface area contributed by atoms with Gasteiger partial charge in [-0.2, -0.15) is 4.99 Å². The highest BCUT2D eigenvalue weighted by Crippen LogP contribution is 2.12. The Morgan fingerprint density at radius 1 is 1.69 bits per heavy atom. The second kappa shape index (κ2) is 3.61. The van der Waals surface area contributed by atoms with E-state index in [4.69, 9.17) is 4.42 Å². The number of carbonyl (C=O) groups is 1. The number of rotatable bonds is 2. The first kappa shape index (κ1) is 8.31. The van der Waals surface area contributed by atoms with Crippen LogP contribution in [0.1, 0.15) is 5.89 Å². The van der Waals surface area contributed by atoms with Gasteiger partial charge in [-0.15, -0.1) is 0 Å². The fourth-order valence-electron chi connectivity index (χ4n) is 0.913. The molecule has 0 atom stereocenters. The summed E-state index contributed by atoms with van der Waals surface area (Å²) in [6.07, 6.45) is 3.08. The lowest BCUT2D eigenvalue weighted by molar-refractivity contribution is 0.268. The summed E-state index contributed by atoms with van der Waals surface area (Å²) < 4.78 is 5.00. The number of carbonyl (C=O) groups excluding carboxylic acids is 1. The van der Waals surface area contributed by atoms with Crippen LogP contribution in [-0.2, 0) is 6.54 Å². The zero-order valence-electron chi connectivity index (χ0n) is 6.69. The molecule has 1 N–H and O–H groups in total. The summed E-state index contributed by atoms with van der Waals surface area (Å²) in [6, 6.07) is 0. The number of oxazole rings is 1. The molecule has 6 heteroatoms. The fourth-order valence-corrected chi connectivity index (χ4v) is 1.51. The molecule has 1 amide bonds. The fraction of sp³-hybridized carbons (Fsp3) is 0.286. The van der Waals surface area contributed by atoms with Crippen LogP contribution in [0.5, 0.6) is 0 Å². The molecule has 1 aliphatic heterocycles. The topological polar surface area (TPSA) is 67.5 Å². The third-order valence-corrected chi connectivity index (χ3v) is 2.24. The highest BCUT2D eigenvalue weighted by atomic mass is 32.2. The van der Waals surface area contributed by atoms with Crippen LogP contribution in [0.15, 0.2) is 21.9 Å². The second-order valence-corrected chi connectivity index (χ2v) is 3.32. The van der Waals surface area contributed by atoms with Crippen molar-refractivity contribution in [1.82, 2.24) is 10.3 Å². The molecule has 0 fully saturated rings. The highest BCUT2D eigenvalue weighted by molar-refractivity contribution is 8.14. The standard InChI is InChI=1S/C7H7N3O2S/c11-7-10-5(4-13-7)9-3-6-8-1-2-12-6/h1-2H,3-4H2,(H,9,10,11). The largest absolute Gasteiger partial charge is 0.447 e. The first-order valence-electron chi connectivity index (χ1n) is 3.71. The number of nitrogens with zero attached hydrogens (tertiary/aromatic N) is 2. The third kappa shape index (κ3) is 2.09. The summed E-state index contributed by atoms with van der Waals surface area (Å²) in [7, 11) is 0. The number of nitrogens with one attached hydrogen (secondary N) is 1. The molecule has 5 nitrogen and oxygen atoms in total. The Bertz CT molecular complexity index is 334. The molecule has 2 rings (SSSR count). The Hall–Kier alpha value is -1.30. The summed E-state index contributed by atoms with van der Waals surface area (Å²) in [4.78, 5) is 18.4. The van der Waals surface area contributed by atoms with Crippen molar-refractivity contribution < 1.29 is 9.21 Å². The first-order valence-corrected chi connectivity index (χ1v) is 4.70. The first-order chi connectivity index (χ1) is 6.34. The quantitative estimate of drug-likeness (QED) is 0.766. The van der Waals surface area contributed by atoms with E-state index in [1.54, 1.807) is 6.20 Å². The maximum atomic E-state index is 10.7. The van der Waals surface area contributed by atoms with E-state index in [0.29, 0.717) is 24.0 Å². The lowest BCUT2D eigenvalue weighted by Crippen LogP contribution is -2.23. The molecule has 1 aliphatic rings. The van der Waals surface area contributed by atoms with Crippen molar-refractivity contribution in [2.24, 2.45) is 4.99 Å². The van der Waals surface area contributed by atoms with E-state index >= 15 is 0 Å². The summed E-state index contributed by atoms with van der Waals surface area (Å²) in [5.41, 5.74) is 0. The predicted octanol–water partition coefficient (Wildman–Crippen LogP) is 1.03. The molecule has 0 saturated carbocycles. The molecule has 1 aromatic rings. The number of aromatic nitrogens is 1. The van der Waals surface area contributed by atoms with Gasteiger partial charge >= 0.3 is 5.24 Å². The van der Waals surface area contributed by atoms with Crippen molar-refractivity contribution in [3.8, 4) is 0 Å². The number of amidine groups is 1. The minimum atomic E-state index is -0.144. The maximum Gasteiger partial charge on any atom is 0.306 e. The lowest BCUT2D eigenvalue weighted by atomic mass is 10.5. The van der Waals surface area contributed by atoms with Crippen LogP contribution in [-0.4, -0.2) is 21.8 Å². The smallest absolute Gasteiger partial charge is 0.306 e. The molecule has 0 unspecified atom stereocenters.